The van der Waals surface area contributed by atoms with Gasteiger partial charge < -0.3 is 0 Å². The molecule has 1 rings (SSSR count). The summed E-state index contributed by atoms with van der Waals surface area (Å²) in [7, 11) is -1.65. The van der Waals surface area contributed by atoms with E-state index in [2.05, 4.69) is 114 Å². The zero-order valence-corrected chi connectivity index (χ0v) is 24.2. The molecule has 0 bridgehead atoms. The van der Waals surface area contributed by atoms with Gasteiger partial charge in [-0.2, -0.15) is 0 Å². The first kappa shape index (κ1) is 23.5. The van der Waals surface area contributed by atoms with Gasteiger partial charge in [0.2, 0.25) is 0 Å². The third-order valence-corrected chi connectivity index (χ3v) is 49.0. The fourth-order valence-corrected chi connectivity index (χ4v) is 53.2. The predicted molar refractivity (Wildman–Crippen MR) is 127 cm³/mol. The van der Waals surface area contributed by atoms with E-state index in [0.717, 1.165) is 0 Å². The van der Waals surface area contributed by atoms with Gasteiger partial charge in [-0.1, -0.05) is 0 Å². The van der Waals surface area contributed by atoms with Crippen molar-refractivity contribution in [3.8, 4) is 0 Å². The third-order valence-electron chi connectivity index (χ3n) is 6.44. The Morgan fingerprint density at radius 2 is 1.40 bits per heavy atom. The van der Waals surface area contributed by atoms with E-state index in [1.165, 1.54) is 19.7 Å². The zero-order valence-electron chi connectivity index (χ0n) is 18.1. The van der Waals surface area contributed by atoms with Crippen molar-refractivity contribution in [2.24, 2.45) is 0 Å². The standard InChI is InChI=1S/C20H37GeSi4/c1-19(2,3)24(7,8)22-23(25(9,10)20(4,5)6)16-18(21)17-14-12-11-13-15-17/h11-15H,16H2,1-10H3. The molecule has 0 spiro atoms. The van der Waals surface area contributed by atoms with Gasteiger partial charge in [0.05, 0.1) is 0 Å². The summed E-state index contributed by atoms with van der Waals surface area (Å²) >= 11 is 2.39. The molecule has 0 heterocycles. The Bertz CT molecular complexity index is 632. The Kier molecular flexibility index (Phi) is 7.77. The van der Waals surface area contributed by atoms with Gasteiger partial charge in [-0.25, -0.2) is 0 Å². The Morgan fingerprint density at radius 1 is 0.920 bits per heavy atom. The van der Waals surface area contributed by atoms with Crippen molar-refractivity contribution in [3.05, 3.63) is 35.9 Å². The van der Waals surface area contributed by atoms with Crippen LogP contribution in [0.1, 0.15) is 47.1 Å². The molecule has 0 amide bonds. The monoisotopic (exact) mass is 463 g/mol. The van der Waals surface area contributed by atoms with Crippen LogP contribution in [0.2, 0.25) is 42.3 Å². The summed E-state index contributed by atoms with van der Waals surface area (Å²) in [6.45, 7) is 25.7. The van der Waals surface area contributed by atoms with Crippen LogP contribution in [0.3, 0.4) is 0 Å². The summed E-state index contributed by atoms with van der Waals surface area (Å²) in [5, 5.41) is 0.998. The van der Waals surface area contributed by atoms with E-state index >= 15 is 0 Å². The number of benzene rings is 1. The summed E-state index contributed by atoms with van der Waals surface area (Å²) in [4.78, 5) is 0. The van der Waals surface area contributed by atoms with Crippen LogP contribution >= 0.6 is 0 Å². The molecule has 0 aliphatic heterocycles. The molecule has 0 N–H and O–H groups in total. The minimum absolute atomic E-state index is 0.372. The van der Waals surface area contributed by atoms with Crippen molar-refractivity contribution >= 4 is 51.1 Å². The average Bonchev–Trinajstić information content (AvgIpc) is 2.44. The molecule has 5 heteroatoms. The fraction of sp³-hybridized carbons (Fsp3) is 0.650. The Hall–Kier alpha value is 0.500. The van der Waals surface area contributed by atoms with E-state index in [9.17, 15) is 0 Å². The summed E-state index contributed by atoms with van der Waals surface area (Å²) in [5.41, 5.74) is 1.46. The van der Waals surface area contributed by atoms with E-state index in [0.29, 0.717) is 10.1 Å². The van der Waals surface area contributed by atoms with Gasteiger partial charge in [0.15, 0.2) is 0 Å². The van der Waals surface area contributed by atoms with Crippen LogP contribution in [0, 0.1) is 0 Å². The first-order chi connectivity index (χ1) is 11.1. The van der Waals surface area contributed by atoms with Crippen LogP contribution in [0.15, 0.2) is 30.3 Å². The normalized spacial score (nSPS) is 14.6. The second kappa shape index (κ2) is 8.25. The molecule has 3 radical (unpaired) electrons. The molecular formula is C20H37GeSi4. The molecule has 0 fully saturated rings. The van der Waals surface area contributed by atoms with Crippen molar-refractivity contribution in [2.45, 2.75) is 83.9 Å². The second-order valence-corrected chi connectivity index (χ2v) is 38.3. The molecule has 1 aromatic rings. The van der Waals surface area contributed by atoms with E-state index in [4.69, 9.17) is 0 Å². The topological polar surface area (TPSA) is 0 Å². The van der Waals surface area contributed by atoms with Crippen LogP contribution in [0.25, 0.3) is 0 Å². The maximum atomic E-state index is 2.69. The maximum absolute atomic E-state index is 2.69. The summed E-state index contributed by atoms with van der Waals surface area (Å²) < 4.78 is 1.63. The van der Waals surface area contributed by atoms with Crippen molar-refractivity contribution in [1.29, 1.82) is 0 Å². The summed E-state index contributed by atoms with van der Waals surface area (Å²) in [6.07, 6.45) is 0. The number of hydrogen-bond acceptors (Lipinski definition) is 0. The molecule has 0 atom stereocenters. The Labute approximate surface area is 170 Å². The quantitative estimate of drug-likeness (QED) is 0.495. The zero-order chi connectivity index (χ0) is 19.7. The molecule has 0 saturated heterocycles. The van der Waals surface area contributed by atoms with Crippen molar-refractivity contribution in [3.63, 3.8) is 0 Å². The number of rotatable bonds is 5. The molecule has 0 saturated carbocycles. The molecule has 0 unspecified atom stereocenters. The molecule has 0 aliphatic rings. The first-order valence-corrected chi connectivity index (χ1v) is 22.1. The van der Waals surface area contributed by atoms with Crippen LogP contribution in [0.5, 0.6) is 0 Å². The molecule has 1 aromatic carbocycles. The fourth-order valence-electron chi connectivity index (χ4n) is 2.36. The van der Waals surface area contributed by atoms with Crippen LogP contribution in [-0.2, 0) is 0 Å². The third kappa shape index (κ3) is 5.99. The molecular weight excluding hydrogens is 425 g/mol. The number of hydrogen-bond donors (Lipinski definition) is 0. The molecule has 25 heavy (non-hydrogen) atoms. The SMILES string of the molecule is CC(C)(C)[Si](C)(C)[Si]=[Si](C[C](=[Ge])c1ccccc1)[Si](C)(C)C(C)(C)C. The summed E-state index contributed by atoms with van der Waals surface area (Å²) in [6, 6.07) is 12.5. The van der Waals surface area contributed by atoms with Gasteiger partial charge in [0, 0.05) is 0 Å². The van der Waals surface area contributed by atoms with Gasteiger partial charge in [0.25, 0.3) is 0 Å². The van der Waals surface area contributed by atoms with Crippen LogP contribution < -0.4 is 0 Å². The van der Waals surface area contributed by atoms with Crippen molar-refractivity contribution in [1.82, 2.24) is 0 Å². The van der Waals surface area contributed by atoms with Gasteiger partial charge in [0.1, 0.15) is 0 Å². The van der Waals surface area contributed by atoms with Crippen molar-refractivity contribution in [2.75, 3.05) is 0 Å². The molecule has 0 aliphatic carbocycles. The Morgan fingerprint density at radius 3 is 1.80 bits per heavy atom. The minimum atomic E-state index is -1.29. The first-order valence-electron chi connectivity index (χ1n) is 9.37. The van der Waals surface area contributed by atoms with E-state index in [1.807, 2.05) is 0 Å². The van der Waals surface area contributed by atoms with E-state index < -0.39 is 15.2 Å². The van der Waals surface area contributed by atoms with E-state index in [1.54, 1.807) is 4.35 Å². The van der Waals surface area contributed by atoms with Crippen LogP contribution in [-0.4, -0.2) is 51.1 Å². The average molecular weight is 462 g/mol. The molecule has 0 nitrogen and oxygen atoms in total. The van der Waals surface area contributed by atoms with Gasteiger partial charge in [-0.3, -0.25) is 0 Å². The van der Waals surface area contributed by atoms with Gasteiger partial charge in [-0.05, 0) is 0 Å². The second-order valence-electron chi connectivity index (χ2n) is 10.4. The van der Waals surface area contributed by atoms with Crippen LogP contribution in [0.4, 0.5) is 0 Å². The predicted octanol–water partition coefficient (Wildman–Crippen LogP) is 5.66. The van der Waals surface area contributed by atoms with Gasteiger partial charge in [-0.15, -0.1) is 0 Å². The van der Waals surface area contributed by atoms with Crippen molar-refractivity contribution < 1.29 is 0 Å². The molecule has 137 valence electrons. The van der Waals surface area contributed by atoms with E-state index in [-0.39, 0.29) is 7.41 Å². The summed E-state index contributed by atoms with van der Waals surface area (Å²) in [5.74, 6) is 0. The molecule has 0 aromatic heterocycles. The Balaban J connectivity index is 3.38. The van der Waals surface area contributed by atoms with Gasteiger partial charge >= 0.3 is 171 Å².